The summed E-state index contributed by atoms with van der Waals surface area (Å²) in [5.41, 5.74) is 6.81. The van der Waals surface area contributed by atoms with Crippen molar-refractivity contribution in [3.63, 3.8) is 0 Å². The van der Waals surface area contributed by atoms with Gasteiger partial charge < -0.3 is 20.9 Å². The highest BCUT2D eigenvalue weighted by Gasteiger charge is 2.19. The predicted octanol–water partition coefficient (Wildman–Crippen LogP) is 2.52. The zero-order chi connectivity index (χ0) is 19.5. The third-order valence-corrected chi connectivity index (χ3v) is 4.53. The fourth-order valence-electron chi connectivity index (χ4n) is 3.03. The summed E-state index contributed by atoms with van der Waals surface area (Å²) < 4.78 is 5.07. The molecule has 1 aliphatic heterocycles. The molecule has 1 aliphatic rings. The number of carboxylic acid groups (broad SMARTS) is 1. The number of nitrogens with two attached hydrogens (primary N) is 1. The molecule has 1 aromatic rings. The minimum Gasteiger partial charge on any atom is -0.480 e. The maximum absolute atomic E-state index is 11.8. The fraction of sp³-hybridized carbons (Fsp3) is 0.500. The number of carbonyl (C=O) groups is 2. The van der Waals surface area contributed by atoms with E-state index in [1.54, 1.807) is 6.08 Å². The summed E-state index contributed by atoms with van der Waals surface area (Å²) in [7, 11) is 0. The van der Waals surface area contributed by atoms with E-state index in [2.05, 4.69) is 10.6 Å². The lowest BCUT2D eigenvalue weighted by Gasteiger charge is -2.18. The van der Waals surface area contributed by atoms with Crippen LogP contribution in [-0.4, -0.2) is 35.4 Å². The smallest absolute Gasteiger partial charge is 0.408 e. The van der Waals surface area contributed by atoms with Crippen LogP contribution in [0.15, 0.2) is 42.5 Å². The van der Waals surface area contributed by atoms with Crippen LogP contribution in [0.1, 0.15) is 44.1 Å². The normalized spacial score (nSPS) is 21.4. The van der Waals surface area contributed by atoms with Crippen LogP contribution in [0.5, 0.6) is 0 Å². The average molecular weight is 375 g/mol. The van der Waals surface area contributed by atoms with Crippen LogP contribution in [0.25, 0.3) is 0 Å². The molecule has 0 saturated carbocycles. The first-order valence-electron chi connectivity index (χ1n) is 9.41. The molecule has 0 bridgehead atoms. The van der Waals surface area contributed by atoms with E-state index in [0.717, 1.165) is 37.7 Å². The van der Waals surface area contributed by atoms with E-state index >= 15 is 0 Å². The number of carboxylic acids is 1. The summed E-state index contributed by atoms with van der Waals surface area (Å²) >= 11 is 0. The summed E-state index contributed by atoms with van der Waals surface area (Å²) in [5, 5.41) is 15.1. The number of aliphatic carboxylic acids is 1. The quantitative estimate of drug-likeness (QED) is 0.519. The van der Waals surface area contributed by atoms with E-state index in [-0.39, 0.29) is 19.2 Å². The molecule has 148 valence electrons. The molecule has 3 atom stereocenters. The number of carbonyl (C=O) groups excluding carboxylic acids is 1. The van der Waals surface area contributed by atoms with Gasteiger partial charge in [-0.15, -0.1) is 0 Å². The zero-order valence-electron chi connectivity index (χ0n) is 15.5. The van der Waals surface area contributed by atoms with Crippen LogP contribution in [0, 0.1) is 0 Å². The largest absolute Gasteiger partial charge is 0.480 e. The molecule has 7 heteroatoms. The summed E-state index contributed by atoms with van der Waals surface area (Å²) in [6.45, 7) is 0.0997. The Morgan fingerprint density at radius 3 is 2.74 bits per heavy atom. The van der Waals surface area contributed by atoms with Crippen molar-refractivity contribution in [1.29, 1.82) is 0 Å². The van der Waals surface area contributed by atoms with Crippen molar-refractivity contribution in [2.45, 2.75) is 63.4 Å². The van der Waals surface area contributed by atoms with Crippen molar-refractivity contribution >= 4 is 12.1 Å². The Hall–Kier alpha value is -2.38. The SMILES string of the molecule is NC1CCCC[C@H](C/C=C/C[C@H](NC(=O)OCc2ccccc2)C(=O)O)N1. The van der Waals surface area contributed by atoms with Gasteiger partial charge in [-0.25, -0.2) is 9.59 Å². The highest BCUT2D eigenvalue weighted by Crippen LogP contribution is 2.13. The van der Waals surface area contributed by atoms with Gasteiger partial charge in [-0.1, -0.05) is 55.3 Å². The van der Waals surface area contributed by atoms with Gasteiger partial charge in [-0.2, -0.15) is 0 Å². The number of rotatable bonds is 8. The second-order valence-corrected chi connectivity index (χ2v) is 6.79. The number of hydrogen-bond acceptors (Lipinski definition) is 5. The molecule has 27 heavy (non-hydrogen) atoms. The summed E-state index contributed by atoms with van der Waals surface area (Å²) in [5.74, 6) is -1.09. The fourth-order valence-corrected chi connectivity index (χ4v) is 3.03. The van der Waals surface area contributed by atoms with E-state index in [4.69, 9.17) is 10.5 Å². The Kier molecular flexibility index (Phi) is 8.80. The summed E-state index contributed by atoms with van der Waals surface area (Å²) in [6, 6.07) is 8.51. The molecular weight excluding hydrogens is 346 g/mol. The topological polar surface area (TPSA) is 114 Å². The molecule has 5 N–H and O–H groups in total. The molecule has 7 nitrogen and oxygen atoms in total. The third kappa shape index (κ3) is 8.23. The Bertz CT molecular complexity index is 621. The molecule has 0 aliphatic carbocycles. The molecule has 0 radical (unpaired) electrons. The van der Waals surface area contributed by atoms with Gasteiger partial charge in [0.1, 0.15) is 12.6 Å². The monoisotopic (exact) mass is 375 g/mol. The lowest BCUT2D eigenvalue weighted by atomic mass is 10.1. The molecule has 1 amide bonds. The van der Waals surface area contributed by atoms with Crippen LogP contribution in [-0.2, 0) is 16.1 Å². The van der Waals surface area contributed by atoms with Crippen molar-refractivity contribution in [2.24, 2.45) is 5.73 Å². The van der Waals surface area contributed by atoms with Crippen LogP contribution in [0.2, 0.25) is 0 Å². The molecule has 1 saturated heterocycles. The van der Waals surface area contributed by atoms with Crippen molar-refractivity contribution in [1.82, 2.24) is 10.6 Å². The number of ether oxygens (including phenoxy) is 1. The Morgan fingerprint density at radius 2 is 2.00 bits per heavy atom. The number of nitrogens with one attached hydrogen (secondary N) is 2. The predicted molar refractivity (Wildman–Crippen MR) is 103 cm³/mol. The first-order chi connectivity index (χ1) is 13.0. The second-order valence-electron chi connectivity index (χ2n) is 6.79. The number of hydrogen-bond donors (Lipinski definition) is 4. The first kappa shape index (κ1) is 20.9. The van der Waals surface area contributed by atoms with Gasteiger partial charge in [0.25, 0.3) is 0 Å². The minimum absolute atomic E-state index is 0.0266. The van der Waals surface area contributed by atoms with E-state index in [0.29, 0.717) is 6.04 Å². The lowest BCUT2D eigenvalue weighted by molar-refractivity contribution is -0.139. The first-order valence-corrected chi connectivity index (χ1v) is 9.41. The van der Waals surface area contributed by atoms with E-state index in [1.165, 1.54) is 0 Å². The Morgan fingerprint density at radius 1 is 1.26 bits per heavy atom. The summed E-state index contributed by atoms with van der Waals surface area (Å²) in [4.78, 5) is 23.2. The average Bonchev–Trinajstić information content (AvgIpc) is 2.87. The minimum atomic E-state index is -1.09. The Balaban J connectivity index is 1.73. The van der Waals surface area contributed by atoms with Gasteiger partial charge in [0.05, 0.1) is 6.17 Å². The number of alkyl carbamates (subject to hydrolysis) is 1. The van der Waals surface area contributed by atoms with Gasteiger partial charge in [-0.05, 0) is 31.2 Å². The van der Waals surface area contributed by atoms with Gasteiger partial charge in [0.2, 0.25) is 0 Å². The van der Waals surface area contributed by atoms with E-state index < -0.39 is 18.1 Å². The molecule has 1 aromatic carbocycles. The highest BCUT2D eigenvalue weighted by molar-refractivity contribution is 5.80. The van der Waals surface area contributed by atoms with Gasteiger partial charge in [0.15, 0.2) is 0 Å². The standard InChI is InChI=1S/C20H29N3O4/c21-18-13-7-5-11-16(22-18)10-4-6-12-17(19(24)25)23-20(26)27-14-15-8-2-1-3-9-15/h1-4,6,8-9,16-18,22H,5,7,10-14,21H2,(H,23,26)(H,24,25)/b6-4+/t16-,17-,18?/m0/s1. The van der Waals surface area contributed by atoms with Gasteiger partial charge in [-0.3, -0.25) is 5.32 Å². The molecule has 0 spiro atoms. The van der Waals surface area contributed by atoms with Gasteiger partial charge >= 0.3 is 12.1 Å². The van der Waals surface area contributed by atoms with Gasteiger partial charge in [0, 0.05) is 6.04 Å². The summed E-state index contributed by atoms with van der Waals surface area (Å²) in [6.07, 6.45) is 8.33. The third-order valence-electron chi connectivity index (χ3n) is 4.53. The molecule has 0 aromatic heterocycles. The lowest BCUT2D eigenvalue weighted by Crippen LogP contribution is -2.42. The maximum atomic E-state index is 11.8. The van der Waals surface area contributed by atoms with Crippen LogP contribution in [0.4, 0.5) is 4.79 Å². The van der Waals surface area contributed by atoms with E-state index in [1.807, 2.05) is 36.4 Å². The maximum Gasteiger partial charge on any atom is 0.408 e. The Labute approximate surface area is 160 Å². The molecule has 1 heterocycles. The van der Waals surface area contributed by atoms with Crippen molar-refractivity contribution in [2.75, 3.05) is 0 Å². The second kappa shape index (κ2) is 11.4. The van der Waals surface area contributed by atoms with Crippen LogP contribution >= 0.6 is 0 Å². The van der Waals surface area contributed by atoms with E-state index in [9.17, 15) is 14.7 Å². The highest BCUT2D eigenvalue weighted by atomic mass is 16.5. The number of benzene rings is 1. The van der Waals surface area contributed by atoms with Crippen molar-refractivity contribution in [3.8, 4) is 0 Å². The van der Waals surface area contributed by atoms with Crippen molar-refractivity contribution < 1.29 is 19.4 Å². The molecule has 1 unspecified atom stereocenters. The van der Waals surface area contributed by atoms with Crippen LogP contribution in [0.3, 0.4) is 0 Å². The molecular formula is C20H29N3O4. The van der Waals surface area contributed by atoms with Crippen molar-refractivity contribution in [3.05, 3.63) is 48.0 Å². The molecule has 2 rings (SSSR count). The number of amides is 1. The molecule has 1 fully saturated rings. The zero-order valence-corrected chi connectivity index (χ0v) is 15.5. The van der Waals surface area contributed by atoms with Crippen LogP contribution < -0.4 is 16.4 Å².